The molecule has 1 saturated carbocycles. The van der Waals surface area contributed by atoms with Crippen LogP contribution in [0.15, 0.2) is 0 Å². The highest BCUT2D eigenvalue weighted by atomic mass is 16.2. The first kappa shape index (κ1) is 14.3. The lowest BCUT2D eigenvalue weighted by atomic mass is 10.0. The Bertz CT molecular complexity index is 353. The number of hydrogen-bond donors (Lipinski definition) is 2. The molecule has 3 N–H and O–H groups in total. The number of amides is 2. The molecule has 2 amide bonds. The molecule has 5 nitrogen and oxygen atoms in total. The van der Waals surface area contributed by atoms with E-state index in [9.17, 15) is 9.59 Å². The Kier molecular flexibility index (Phi) is 4.45. The molecular weight excluding hydrogens is 242 g/mol. The monoisotopic (exact) mass is 267 g/mol. The summed E-state index contributed by atoms with van der Waals surface area (Å²) in [6.45, 7) is 4.76. The first-order chi connectivity index (χ1) is 8.99. The number of nitrogens with zero attached hydrogens (tertiary/aromatic N) is 1. The molecule has 1 unspecified atom stereocenters. The number of carbonyl (C=O) groups is 2. The predicted octanol–water partition coefficient (Wildman–Crippen LogP) is 0.629. The predicted molar refractivity (Wildman–Crippen MR) is 73.3 cm³/mol. The van der Waals surface area contributed by atoms with Crippen molar-refractivity contribution in [2.45, 2.75) is 64.1 Å². The van der Waals surface area contributed by atoms with Crippen LogP contribution in [0.2, 0.25) is 0 Å². The van der Waals surface area contributed by atoms with Gasteiger partial charge in [0, 0.05) is 12.6 Å². The summed E-state index contributed by atoms with van der Waals surface area (Å²) >= 11 is 0. The number of rotatable bonds is 5. The quantitative estimate of drug-likeness (QED) is 0.767. The molecule has 19 heavy (non-hydrogen) atoms. The van der Waals surface area contributed by atoms with E-state index in [4.69, 9.17) is 5.73 Å². The van der Waals surface area contributed by atoms with Crippen LogP contribution in [-0.4, -0.2) is 41.4 Å². The van der Waals surface area contributed by atoms with Gasteiger partial charge in [0.05, 0.1) is 6.04 Å². The van der Waals surface area contributed by atoms with E-state index in [0.29, 0.717) is 24.9 Å². The maximum Gasteiger partial charge on any atom is 0.243 e. The summed E-state index contributed by atoms with van der Waals surface area (Å²) in [7, 11) is 0. The maximum atomic E-state index is 12.3. The Morgan fingerprint density at radius 2 is 2.00 bits per heavy atom. The van der Waals surface area contributed by atoms with E-state index in [1.165, 1.54) is 0 Å². The largest absolute Gasteiger partial charge is 0.352 e. The summed E-state index contributed by atoms with van der Waals surface area (Å²) < 4.78 is 0. The van der Waals surface area contributed by atoms with Gasteiger partial charge in [-0.1, -0.05) is 13.8 Å². The Balaban J connectivity index is 1.93. The van der Waals surface area contributed by atoms with Crippen molar-refractivity contribution >= 4 is 11.8 Å². The van der Waals surface area contributed by atoms with Gasteiger partial charge in [-0.25, -0.2) is 0 Å². The van der Waals surface area contributed by atoms with Gasteiger partial charge in [0.25, 0.3) is 0 Å². The van der Waals surface area contributed by atoms with Crippen LogP contribution < -0.4 is 11.1 Å². The van der Waals surface area contributed by atoms with E-state index in [2.05, 4.69) is 19.2 Å². The van der Waals surface area contributed by atoms with E-state index >= 15 is 0 Å². The minimum Gasteiger partial charge on any atom is -0.352 e. The standard InChI is InChI=1S/C14H25N3O2/c1-9(2)8-11(15)14(19)17-7-3-4-12(17)13(18)16-10-5-6-10/h9-12H,3-8,15H2,1-2H3,(H,16,18)/t11-,12?/m0/s1. The summed E-state index contributed by atoms with van der Waals surface area (Å²) in [4.78, 5) is 26.1. The zero-order valence-electron chi connectivity index (χ0n) is 11.9. The number of carbonyl (C=O) groups excluding carboxylic acids is 2. The average Bonchev–Trinajstić information content (AvgIpc) is 3.01. The van der Waals surface area contributed by atoms with Gasteiger partial charge in [0.1, 0.15) is 6.04 Å². The van der Waals surface area contributed by atoms with Gasteiger partial charge in [-0.3, -0.25) is 9.59 Å². The third-order valence-electron chi connectivity index (χ3n) is 3.80. The lowest BCUT2D eigenvalue weighted by molar-refractivity contribution is -0.139. The Hall–Kier alpha value is -1.10. The number of hydrogen-bond acceptors (Lipinski definition) is 3. The third kappa shape index (κ3) is 3.69. The van der Waals surface area contributed by atoms with Gasteiger partial charge in [0.15, 0.2) is 0 Å². The van der Waals surface area contributed by atoms with Crippen LogP contribution in [0.4, 0.5) is 0 Å². The van der Waals surface area contributed by atoms with Gasteiger partial charge in [-0.05, 0) is 38.0 Å². The Morgan fingerprint density at radius 1 is 1.32 bits per heavy atom. The van der Waals surface area contributed by atoms with Crippen LogP contribution in [0, 0.1) is 5.92 Å². The number of likely N-dealkylation sites (tertiary alicyclic amines) is 1. The topological polar surface area (TPSA) is 75.4 Å². The van der Waals surface area contributed by atoms with Crippen molar-refractivity contribution in [3.05, 3.63) is 0 Å². The second kappa shape index (κ2) is 5.90. The highest BCUT2D eigenvalue weighted by Gasteiger charge is 2.37. The van der Waals surface area contributed by atoms with Crippen molar-refractivity contribution < 1.29 is 9.59 Å². The molecule has 1 saturated heterocycles. The molecule has 2 fully saturated rings. The van der Waals surface area contributed by atoms with E-state index in [1.54, 1.807) is 4.90 Å². The molecule has 0 aromatic carbocycles. The van der Waals surface area contributed by atoms with Crippen molar-refractivity contribution in [2.75, 3.05) is 6.54 Å². The van der Waals surface area contributed by atoms with E-state index < -0.39 is 6.04 Å². The molecule has 0 spiro atoms. The summed E-state index contributed by atoms with van der Waals surface area (Å²) in [5, 5.41) is 2.99. The van der Waals surface area contributed by atoms with Crippen LogP contribution in [0.1, 0.15) is 46.0 Å². The highest BCUT2D eigenvalue weighted by Crippen LogP contribution is 2.23. The molecule has 108 valence electrons. The third-order valence-corrected chi connectivity index (χ3v) is 3.80. The fourth-order valence-electron chi connectivity index (χ4n) is 2.65. The number of nitrogens with two attached hydrogens (primary N) is 1. The molecule has 5 heteroatoms. The highest BCUT2D eigenvalue weighted by molar-refractivity contribution is 5.90. The van der Waals surface area contributed by atoms with Crippen molar-refractivity contribution in [3.8, 4) is 0 Å². The Morgan fingerprint density at radius 3 is 2.58 bits per heavy atom. The van der Waals surface area contributed by atoms with Crippen LogP contribution in [0.5, 0.6) is 0 Å². The van der Waals surface area contributed by atoms with Gasteiger partial charge < -0.3 is 16.0 Å². The van der Waals surface area contributed by atoms with Crippen molar-refractivity contribution in [1.82, 2.24) is 10.2 Å². The lowest BCUT2D eigenvalue weighted by Crippen LogP contribution is -2.51. The fourth-order valence-corrected chi connectivity index (χ4v) is 2.65. The molecule has 0 radical (unpaired) electrons. The molecule has 2 atom stereocenters. The molecule has 1 aliphatic carbocycles. The minimum atomic E-state index is -0.477. The van der Waals surface area contributed by atoms with Crippen molar-refractivity contribution in [2.24, 2.45) is 11.7 Å². The van der Waals surface area contributed by atoms with Crippen LogP contribution in [0.3, 0.4) is 0 Å². The van der Waals surface area contributed by atoms with Gasteiger partial charge in [-0.15, -0.1) is 0 Å². The van der Waals surface area contributed by atoms with Crippen LogP contribution >= 0.6 is 0 Å². The second-order valence-electron chi connectivity index (χ2n) is 6.21. The molecule has 2 aliphatic rings. The average molecular weight is 267 g/mol. The minimum absolute atomic E-state index is 0.00472. The number of nitrogens with one attached hydrogen (secondary N) is 1. The van der Waals surface area contributed by atoms with Gasteiger partial charge in [-0.2, -0.15) is 0 Å². The summed E-state index contributed by atoms with van der Waals surface area (Å²) in [6.07, 6.45) is 4.46. The van der Waals surface area contributed by atoms with Crippen LogP contribution in [0.25, 0.3) is 0 Å². The normalized spacial score (nSPS) is 24.6. The zero-order valence-corrected chi connectivity index (χ0v) is 11.9. The first-order valence-corrected chi connectivity index (χ1v) is 7.35. The smallest absolute Gasteiger partial charge is 0.243 e. The van der Waals surface area contributed by atoms with E-state index in [-0.39, 0.29) is 17.9 Å². The molecule has 1 heterocycles. The van der Waals surface area contributed by atoms with Crippen LogP contribution in [-0.2, 0) is 9.59 Å². The molecule has 1 aliphatic heterocycles. The van der Waals surface area contributed by atoms with Gasteiger partial charge in [0.2, 0.25) is 11.8 Å². The Labute approximate surface area is 114 Å². The van der Waals surface area contributed by atoms with Gasteiger partial charge >= 0.3 is 0 Å². The van der Waals surface area contributed by atoms with Crippen molar-refractivity contribution in [1.29, 1.82) is 0 Å². The summed E-state index contributed by atoms with van der Waals surface area (Å²) in [6, 6.07) is -0.435. The lowest BCUT2D eigenvalue weighted by Gasteiger charge is -2.27. The first-order valence-electron chi connectivity index (χ1n) is 7.35. The zero-order chi connectivity index (χ0) is 14.0. The van der Waals surface area contributed by atoms with Crippen molar-refractivity contribution in [3.63, 3.8) is 0 Å². The molecule has 0 aromatic heterocycles. The van der Waals surface area contributed by atoms with E-state index in [0.717, 1.165) is 25.7 Å². The molecular formula is C14H25N3O2. The van der Waals surface area contributed by atoms with E-state index in [1.807, 2.05) is 0 Å². The SMILES string of the molecule is CC(C)C[C@H](N)C(=O)N1CCCC1C(=O)NC1CC1. The molecule has 0 bridgehead atoms. The molecule has 2 rings (SSSR count). The molecule has 0 aromatic rings. The fraction of sp³-hybridized carbons (Fsp3) is 0.857. The second-order valence-corrected chi connectivity index (χ2v) is 6.21. The summed E-state index contributed by atoms with van der Waals surface area (Å²) in [5.41, 5.74) is 5.95. The maximum absolute atomic E-state index is 12.3. The summed E-state index contributed by atoms with van der Waals surface area (Å²) in [5.74, 6) is 0.326.